The van der Waals surface area contributed by atoms with Gasteiger partial charge in [-0.1, -0.05) is 17.7 Å². The molecule has 0 spiro atoms. The van der Waals surface area contributed by atoms with E-state index in [1.165, 1.54) is 10.8 Å². The Morgan fingerprint density at radius 3 is 2.48 bits per heavy atom. The van der Waals surface area contributed by atoms with Crippen LogP contribution in [-0.4, -0.2) is 79.4 Å². The third-order valence-electron chi connectivity index (χ3n) is 8.53. The van der Waals surface area contributed by atoms with Crippen LogP contribution in [0.5, 0.6) is 5.75 Å². The first-order valence-electron chi connectivity index (χ1n) is 14.0. The van der Waals surface area contributed by atoms with Crippen molar-refractivity contribution in [3.8, 4) is 28.1 Å². The van der Waals surface area contributed by atoms with E-state index in [1.807, 2.05) is 23.1 Å². The van der Waals surface area contributed by atoms with Gasteiger partial charge in [-0.15, -0.1) is 10.2 Å². The van der Waals surface area contributed by atoms with Crippen molar-refractivity contribution in [2.45, 2.75) is 48.6 Å². The summed E-state index contributed by atoms with van der Waals surface area (Å²) in [7, 11) is -2.21. The number of anilines is 1. The number of pyridine rings is 1. The second-order valence-electron chi connectivity index (χ2n) is 11.2. The van der Waals surface area contributed by atoms with Crippen LogP contribution in [-0.2, 0) is 9.84 Å². The van der Waals surface area contributed by atoms with E-state index < -0.39 is 9.84 Å². The van der Waals surface area contributed by atoms with Gasteiger partial charge in [0.1, 0.15) is 22.8 Å². The highest BCUT2D eigenvalue weighted by atomic mass is 35.5. The summed E-state index contributed by atoms with van der Waals surface area (Å²) < 4.78 is 32.8. The molecule has 0 aliphatic carbocycles. The average molecular weight is 634 g/mol. The smallest absolute Gasteiger partial charge is 0.292 e. The standard InChI is InChI=1S/C29H28ClN9O4S/c1-43-23-8-4-15(11-21(23)30)22-7-3-16(12-32-22)20-13-35-39-26(31)25(44(2,41)42)24(36-28(20)39)17-9-18-5-6-19(10-17)38(18)29(40)27-33-14-34-37-27/h3-4,7-8,11-14,17-19H,5-6,9-10,31H2,1-2H3,(H,33,34,37)/t17-,18-,19+. The molecular formula is C29H28ClN9O4S. The van der Waals surface area contributed by atoms with Crippen LogP contribution in [0.3, 0.4) is 0 Å². The molecule has 4 aromatic heterocycles. The number of carbonyl (C=O) groups excluding carboxylic acids is 1. The van der Waals surface area contributed by atoms with Gasteiger partial charge in [-0.3, -0.25) is 9.78 Å². The number of aromatic nitrogens is 7. The molecule has 2 aliphatic rings. The molecule has 0 saturated carbocycles. The molecule has 6 heterocycles. The first-order chi connectivity index (χ1) is 21.1. The number of methoxy groups -OCH3 is 1. The number of hydrogen-bond acceptors (Lipinski definition) is 10. The second kappa shape index (κ2) is 10.6. The molecule has 3 N–H and O–H groups in total. The number of nitrogen functional groups attached to an aromatic ring is 1. The molecule has 2 bridgehead atoms. The summed E-state index contributed by atoms with van der Waals surface area (Å²) in [6.45, 7) is 0. The molecule has 44 heavy (non-hydrogen) atoms. The highest BCUT2D eigenvalue weighted by molar-refractivity contribution is 7.91. The van der Waals surface area contributed by atoms with Gasteiger partial charge in [0.25, 0.3) is 5.91 Å². The maximum atomic E-state index is 13.2. The van der Waals surface area contributed by atoms with Crippen LogP contribution in [0.4, 0.5) is 5.82 Å². The van der Waals surface area contributed by atoms with E-state index in [-0.39, 0.29) is 40.4 Å². The molecule has 15 heteroatoms. The minimum absolute atomic E-state index is 0.00344. The van der Waals surface area contributed by atoms with E-state index in [0.717, 1.165) is 30.2 Å². The number of carbonyl (C=O) groups is 1. The van der Waals surface area contributed by atoms with Crippen LogP contribution in [0, 0.1) is 0 Å². The largest absolute Gasteiger partial charge is 0.495 e. The van der Waals surface area contributed by atoms with Gasteiger partial charge >= 0.3 is 0 Å². The molecule has 2 aliphatic heterocycles. The molecule has 5 aromatic rings. The van der Waals surface area contributed by atoms with E-state index in [2.05, 4.69) is 25.3 Å². The Labute approximate surface area is 257 Å². The zero-order chi connectivity index (χ0) is 30.7. The first-order valence-corrected chi connectivity index (χ1v) is 16.3. The molecule has 2 saturated heterocycles. The van der Waals surface area contributed by atoms with Gasteiger partial charge in [-0.25, -0.2) is 13.4 Å². The van der Waals surface area contributed by atoms with Gasteiger partial charge in [-0.05, 0) is 49.9 Å². The number of ether oxygens (including phenoxy) is 1. The van der Waals surface area contributed by atoms with Crippen molar-refractivity contribution >= 4 is 38.8 Å². The fourth-order valence-electron chi connectivity index (χ4n) is 6.59. The number of nitrogens with zero attached hydrogens (tertiary/aromatic N) is 7. The number of piperidine rings is 1. The number of nitrogens with one attached hydrogen (secondary N) is 1. The van der Waals surface area contributed by atoms with Crippen molar-refractivity contribution in [2.24, 2.45) is 0 Å². The summed E-state index contributed by atoms with van der Waals surface area (Å²) >= 11 is 6.31. The number of hydrogen-bond donors (Lipinski definition) is 2. The maximum absolute atomic E-state index is 13.2. The van der Waals surface area contributed by atoms with E-state index in [9.17, 15) is 13.2 Å². The highest BCUT2D eigenvalue weighted by Crippen LogP contribution is 2.45. The predicted octanol–water partition coefficient (Wildman–Crippen LogP) is 3.77. The summed E-state index contributed by atoms with van der Waals surface area (Å²) in [6, 6.07) is 9.04. The third-order valence-corrected chi connectivity index (χ3v) is 9.99. The third kappa shape index (κ3) is 4.65. The van der Waals surface area contributed by atoms with Gasteiger partial charge < -0.3 is 20.4 Å². The molecule has 226 valence electrons. The summed E-state index contributed by atoms with van der Waals surface area (Å²) in [4.78, 5) is 27.4. The zero-order valence-electron chi connectivity index (χ0n) is 23.8. The monoisotopic (exact) mass is 633 g/mol. The zero-order valence-corrected chi connectivity index (χ0v) is 25.4. The van der Waals surface area contributed by atoms with E-state index in [1.54, 1.807) is 31.6 Å². The Hall–Kier alpha value is -4.56. The van der Waals surface area contributed by atoms with Crippen molar-refractivity contribution in [3.05, 3.63) is 65.6 Å². The average Bonchev–Trinajstić information content (AvgIpc) is 3.75. The minimum Gasteiger partial charge on any atom is -0.495 e. The number of sulfone groups is 1. The lowest BCUT2D eigenvalue weighted by molar-refractivity contribution is 0.0556. The van der Waals surface area contributed by atoms with Crippen molar-refractivity contribution in [1.82, 2.24) is 39.7 Å². The van der Waals surface area contributed by atoms with Crippen LogP contribution in [0.25, 0.3) is 28.0 Å². The molecule has 7 rings (SSSR count). The Morgan fingerprint density at radius 1 is 1.11 bits per heavy atom. The normalized spacial score (nSPS) is 19.9. The molecule has 0 unspecified atom stereocenters. The number of rotatable bonds is 6. The number of fused-ring (bicyclic) bond motifs is 3. The first kappa shape index (κ1) is 28.2. The molecule has 1 amide bonds. The molecule has 2 fully saturated rings. The molecule has 3 atom stereocenters. The predicted molar refractivity (Wildman–Crippen MR) is 162 cm³/mol. The van der Waals surface area contributed by atoms with Crippen LogP contribution >= 0.6 is 11.6 Å². The summed E-state index contributed by atoms with van der Waals surface area (Å²) in [5.74, 6) is 0.340. The van der Waals surface area contributed by atoms with Crippen LogP contribution < -0.4 is 10.5 Å². The summed E-state index contributed by atoms with van der Waals surface area (Å²) in [5, 5.41) is 12.5. The van der Waals surface area contributed by atoms with E-state index >= 15 is 0 Å². The van der Waals surface area contributed by atoms with Gasteiger partial charge in [0.05, 0.1) is 29.7 Å². The number of nitrogens with two attached hydrogens (primary N) is 1. The number of H-pyrrole nitrogens is 1. The van der Waals surface area contributed by atoms with Gasteiger partial charge in [0, 0.05) is 47.1 Å². The highest BCUT2D eigenvalue weighted by Gasteiger charge is 2.46. The van der Waals surface area contributed by atoms with E-state index in [4.69, 9.17) is 27.1 Å². The van der Waals surface area contributed by atoms with Gasteiger partial charge in [0.2, 0.25) is 5.82 Å². The Kier molecular flexibility index (Phi) is 6.77. The fourth-order valence-corrected chi connectivity index (χ4v) is 7.91. The number of halogens is 1. The molecule has 1 aromatic carbocycles. The molecule has 0 radical (unpaired) electrons. The van der Waals surface area contributed by atoms with Gasteiger partial charge in [0.15, 0.2) is 15.5 Å². The van der Waals surface area contributed by atoms with Crippen molar-refractivity contribution in [1.29, 1.82) is 0 Å². The fraction of sp³-hybridized carbons (Fsp3) is 0.310. The quantitative estimate of drug-likeness (QED) is 0.280. The number of benzene rings is 1. The Bertz CT molecular complexity index is 2000. The van der Waals surface area contributed by atoms with Crippen LogP contribution in [0.1, 0.15) is 47.9 Å². The Morgan fingerprint density at radius 2 is 1.86 bits per heavy atom. The second-order valence-corrected chi connectivity index (χ2v) is 13.5. The number of aromatic amines is 1. The lowest BCUT2D eigenvalue weighted by Crippen LogP contribution is -2.46. The SMILES string of the molecule is COc1ccc(-c2ccc(-c3cnn4c(N)c(S(C)(=O)=O)c([C@@H]5C[C@H]6CC[C@@H](C5)N6C(=O)c5nnc[nH]5)nc34)cn2)cc1Cl. The molecule has 13 nitrogen and oxygen atoms in total. The minimum atomic E-state index is -3.77. The lowest BCUT2D eigenvalue weighted by Gasteiger charge is -2.38. The van der Waals surface area contributed by atoms with Crippen molar-refractivity contribution in [3.63, 3.8) is 0 Å². The van der Waals surface area contributed by atoms with Crippen LogP contribution in [0.2, 0.25) is 5.02 Å². The van der Waals surface area contributed by atoms with Crippen molar-refractivity contribution < 1.29 is 17.9 Å². The van der Waals surface area contributed by atoms with Crippen LogP contribution in [0.15, 0.2) is 53.9 Å². The maximum Gasteiger partial charge on any atom is 0.292 e. The topological polar surface area (TPSA) is 174 Å². The van der Waals surface area contributed by atoms with Crippen molar-refractivity contribution in [2.75, 3.05) is 19.1 Å². The molecular weight excluding hydrogens is 606 g/mol. The van der Waals surface area contributed by atoms with Gasteiger partial charge in [-0.2, -0.15) is 9.61 Å². The lowest BCUT2D eigenvalue weighted by atomic mass is 9.87. The summed E-state index contributed by atoms with van der Waals surface area (Å²) in [5.41, 5.74) is 10.3. The number of amides is 1. The summed E-state index contributed by atoms with van der Waals surface area (Å²) in [6.07, 6.45) is 8.54. The van der Waals surface area contributed by atoms with E-state index in [0.29, 0.717) is 46.2 Å². The Balaban J connectivity index is 1.26.